The van der Waals surface area contributed by atoms with Gasteiger partial charge in [0.15, 0.2) is 5.82 Å². The summed E-state index contributed by atoms with van der Waals surface area (Å²) < 4.78 is 29.5. The highest BCUT2D eigenvalue weighted by atomic mass is 19.1. The molecule has 0 atom stereocenters. The van der Waals surface area contributed by atoms with Crippen LogP contribution < -0.4 is 0 Å². The lowest BCUT2D eigenvalue weighted by molar-refractivity contribution is -0.120. The molecule has 0 radical (unpaired) electrons. The van der Waals surface area contributed by atoms with Crippen LogP contribution in [0.25, 0.3) is 11.0 Å². The second-order valence-electron chi connectivity index (χ2n) is 8.27. The van der Waals surface area contributed by atoms with Crippen LogP contribution in [-0.4, -0.2) is 15.3 Å². The number of hydrogen-bond acceptors (Lipinski definition) is 3. The van der Waals surface area contributed by atoms with Gasteiger partial charge in [-0.1, -0.05) is 27.7 Å². The van der Waals surface area contributed by atoms with Gasteiger partial charge in [0.05, 0.1) is 5.52 Å². The van der Waals surface area contributed by atoms with Gasteiger partial charge in [-0.2, -0.15) is 5.26 Å². The van der Waals surface area contributed by atoms with Crippen LogP contribution in [0.1, 0.15) is 77.2 Å². The average Bonchev–Trinajstić information content (AvgIpc) is 2.81. The van der Waals surface area contributed by atoms with E-state index in [1.165, 1.54) is 0 Å². The number of Topliss-reactive ketones (excluding diaryl/α,β-unsaturated/α-hetero) is 1. The Morgan fingerprint density at radius 3 is 2.41 bits per heavy atom. The lowest BCUT2D eigenvalue weighted by Gasteiger charge is -2.28. The molecule has 4 nitrogen and oxygen atoms in total. The number of nitriles is 1. The second kappa shape index (κ2) is 8.16. The second-order valence-corrected chi connectivity index (χ2v) is 8.27. The van der Waals surface area contributed by atoms with Gasteiger partial charge in [-0.25, -0.2) is 13.8 Å². The Labute approximate surface area is 159 Å². The molecule has 1 aromatic heterocycles. The first-order chi connectivity index (χ1) is 12.6. The van der Waals surface area contributed by atoms with E-state index in [0.29, 0.717) is 24.4 Å². The molecule has 1 aromatic carbocycles. The minimum atomic E-state index is -0.847. The van der Waals surface area contributed by atoms with Crippen molar-refractivity contribution in [1.29, 1.82) is 5.26 Å². The molecule has 0 spiro atoms. The molecule has 1 aliphatic carbocycles. The highest BCUT2D eigenvalue weighted by Gasteiger charge is 2.27. The summed E-state index contributed by atoms with van der Waals surface area (Å²) in [5, 5.41) is 8.81. The normalized spacial score (nSPS) is 14.3. The summed E-state index contributed by atoms with van der Waals surface area (Å²) in [5.41, 5.74) is 0.194. The third kappa shape index (κ3) is 4.71. The summed E-state index contributed by atoms with van der Waals surface area (Å²) in [5.74, 6) is -0.605. The predicted octanol–water partition coefficient (Wildman–Crippen LogP) is 5.62. The number of ketones is 1. The first-order valence-corrected chi connectivity index (χ1v) is 9.37. The fourth-order valence-corrected chi connectivity index (χ4v) is 3.21. The standard InChI is InChI=1S/C13H11F2N3.C8H16O/c1-7-17-11-5-10(14)9(6-16)12(15)13(11)18(7)8-3-2-4-8;1-5-7(9)6-8(2,3)4/h5,8H,2-4H2,1H3;5-6H2,1-4H3. The van der Waals surface area contributed by atoms with Gasteiger partial charge in [-0.15, -0.1) is 0 Å². The van der Waals surface area contributed by atoms with Gasteiger partial charge < -0.3 is 4.57 Å². The van der Waals surface area contributed by atoms with Crippen LogP contribution >= 0.6 is 0 Å². The fourth-order valence-electron chi connectivity index (χ4n) is 3.21. The summed E-state index contributed by atoms with van der Waals surface area (Å²) in [4.78, 5) is 15.0. The molecule has 1 saturated carbocycles. The summed E-state index contributed by atoms with van der Waals surface area (Å²) in [7, 11) is 0. The molecule has 146 valence electrons. The van der Waals surface area contributed by atoms with Crippen LogP contribution in [0.15, 0.2) is 6.07 Å². The van der Waals surface area contributed by atoms with Crippen molar-refractivity contribution in [3.05, 3.63) is 29.1 Å². The topological polar surface area (TPSA) is 58.7 Å². The van der Waals surface area contributed by atoms with Crippen molar-refractivity contribution < 1.29 is 13.6 Å². The van der Waals surface area contributed by atoms with Crippen LogP contribution in [-0.2, 0) is 4.79 Å². The molecule has 0 saturated heterocycles. The zero-order valence-corrected chi connectivity index (χ0v) is 16.7. The monoisotopic (exact) mass is 375 g/mol. The Kier molecular flexibility index (Phi) is 6.35. The van der Waals surface area contributed by atoms with E-state index in [9.17, 15) is 13.6 Å². The van der Waals surface area contributed by atoms with Gasteiger partial charge in [-0.3, -0.25) is 4.79 Å². The van der Waals surface area contributed by atoms with Crippen molar-refractivity contribution in [1.82, 2.24) is 9.55 Å². The number of aryl methyl sites for hydroxylation is 1. The van der Waals surface area contributed by atoms with E-state index in [1.807, 2.05) is 6.92 Å². The van der Waals surface area contributed by atoms with Crippen molar-refractivity contribution >= 4 is 16.8 Å². The van der Waals surface area contributed by atoms with Crippen molar-refractivity contribution in [3.8, 4) is 6.07 Å². The number of halogens is 2. The molecule has 2 aromatic rings. The van der Waals surface area contributed by atoms with Gasteiger partial charge in [0.25, 0.3) is 0 Å². The van der Waals surface area contributed by atoms with E-state index in [4.69, 9.17) is 5.26 Å². The number of fused-ring (bicyclic) bond motifs is 1. The van der Waals surface area contributed by atoms with Crippen LogP contribution in [0.5, 0.6) is 0 Å². The summed E-state index contributed by atoms with van der Waals surface area (Å²) >= 11 is 0. The van der Waals surface area contributed by atoms with Crippen molar-refractivity contribution in [2.24, 2.45) is 5.41 Å². The SMILES string of the molecule is CCC(=O)CC(C)(C)C.Cc1nc2cc(F)c(C#N)c(F)c2n1C1CCC1. The number of hydrogen-bond donors (Lipinski definition) is 0. The predicted molar refractivity (Wildman–Crippen MR) is 101 cm³/mol. The molecule has 6 heteroatoms. The number of rotatable bonds is 3. The zero-order valence-electron chi connectivity index (χ0n) is 16.7. The van der Waals surface area contributed by atoms with Gasteiger partial charge in [-0.05, 0) is 31.6 Å². The van der Waals surface area contributed by atoms with E-state index < -0.39 is 17.2 Å². The fraction of sp³-hybridized carbons (Fsp3) is 0.571. The third-order valence-electron chi connectivity index (χ3n) is 4.72. The first kappa shape index (κ1) is 21.0. The molecule has 1 fully saturated rings. The minimum absolute atomic E-state index is 0.174. The number of benzene rings is 1. The van der Waals surface area contributed by atoms with E-state index in [-0.39, 0.29) is 22.5 Å². The van der Waals surface area contributed by atoms with Gasteiger partial charge >= 0.3 is 0 Å². The Balaban J connectivity index is 0.000000249. The highest BCUT2D eigenvalue weighted by Crippen LogP contribution is 2.37. The van der Waals surface area contributed by atoms with Crippen LogP contribution in [0.2, 0.25) is 0 Å². The maximum atomic E-state index is 14.2. The van der Waals surface area contributed by atoms with Crippen molar-refractivity contribution in [3.63, 3.8) is 0 Å². The van der Waals surface area contributed by atoms with E-state index in [1.54, 1.807) is 17.6 Å². The molecule has 1 aliphatic rings. The van der Waals surface area contributed by atoms with Gasteiger partial charge in [0.2, 0.25) is 0 Å². The van der Waals surface area contributed by atoms with Crippen LogP contribution in [0, 0.1) is 35.3 Å². The quantitative estimate of drug-likeness (QED) is 0.699. The smallest absolute Gasteiger partial charge is 0.169 e. The Bertz CT molecular complexity index is 884. The third-order valence-corrected chi connectivity index (χ3v) is 4.72. The van der Waals surface area contributed by atoms with E-state index >= 15 is 0 Å². The average molecular weight is 375 g/mol. The van der Waals surface area contributed by atoms with Crippen LogP contribution in [0.3, 0.4) is 0 Å². The molecule has 0 bridgehead atoms. The first-order valence-electron chi connectivity index (χ1n) is 9.37. The molecule has 27 heavy (non-hydrogen) atoms. The molecule has 0 aliphatic heterocycles. The maximum absolute atomic E-state index is 14.2. The molecular formula is C21H27F2N3O. The summed E-state index contributed by atoms with van der Waals surface area (Å²) in [6, 6.07) is 2.94. The molecule has 1 heterocycles. The number of carbonyl (C=O) groups excluding carboxylic acids is 1. The number of imidazole rings is 1. The highest BCUT2D eigenvalue weighted by molar-refractivity contribution is 5.79. The van der Waals surface area contributed by atoms with Gasteiger partial charge in [0, 0.05) is 24.9 Å². The minimum Gasteiger partial charge on any atom is -0.323 e. The summed E-state index contributed by atoms with van der Waals surface area (Å²) in [6.07, 6.45) is 4.45. The molecule has 0 amide bonds. The maximum Gasteiger partial charge on any atom is 0.169 e. The zero-order chi connectivity index (χ0) is 20.4. The Hall–Kier alpha value is -2.29. The molecular weight excluding hydrogens is 348 g/mol. The van der Waals surface area contributed by atoms with E-state index in [0.717, 1.165) is 25.3 Å². The number of nitrogens with zero attached hydrogens (tertiary/aromatic N) is 3. The molecule has 0 N–H and O–H groups in total. The largest absolute Gasteiger partial charge is 0.323 e. The lowest BCUT2D eigenvalue weighted by Crippen LogP contribution is -2.18. The number of carbonyl (C=O) groups is 1. The van der Waals surface area contributed by atoms with Crippen LogP contribution in [0.4, 0.5) is 8.78 Å². The Morgan fingerprint density at radius 1 is 1.37 bits per heavy atom. The van der Waals surface area contributed by atoms with E-state index in [2.05, 4.69) is 25.8 Å². The van der Waals surface area contributed by atoms with Crippen molar-refractivity contribution in [2.45, 2.75) is 72.8 Å². The summed E-state index contributed by atoms with van der Waals surface area (Å²) in [6.45, 7) is 9.94. The molecule has 3 rings (SSSR count). The Morgan fingerprint density at radius 2 is 2.00 bits per heavy atom. The van der Waals surface area contributed by atoms with Crippen molar-refractivity contribution in [2.75, 3.05) is 0 Å². The number of aromatic nitrogens is 2. The van der Waals surface area contributed by atoms with Gasteiger partial charge in [0.1, 0.15) is 34.6 Å². The lowest BCUT2D eigenvalue weighted by atomic mass is 9.89. The molecule has 0 unspecified atom stereocenters.